The van der Waals surface area contributed by atoms with E-state index in [-0.39, 0.29) is 16.6 Å². The first-order valence-electron chi connectivity index (χ1n) is 8.60. The summed E-state index contributed by atoms with van der Waals surface area (Å²) in [4.78, 5) is 16.5. The van der Waals surface area contributed by atoms with Gasteiger partial charge in [-0.3, -0.25) is 4.79 Å². The van der Waals surface area contributed by atoms with Gasteiger partial charge in [-0.2, -0.15) is 8.42 Å². The molecule has 0 spiro atoms. The first-order chi connectivity index (χ1) is 13.2. The number of aromatic nitrogens is 1. The highest BCUT2D eigenvalue weighted by atomic mass is 32.2. The van der Waals surface area contributed by atoms with Crippen LogP contribution in [0.1, 0.15) is 27.0 Å². The van der Waals surface area contributed by atoms with Crippen molar-refractivity contribution in [3.63, 3.8) is 0 Å². The zero-order valence-electron chi connectivity index (χ0n) is 15.8. The summed E-state index contributed by atoms with van der Waals surface area (Å²) in [6.45, 7) is 5.43. The fourth-order valence-corrected chi connectivity index (χ4v) is 3.85. The number of aryl methyl sites for hydroxylation is 3. The zero-order valence-corrected chi connectivity index (χ0v) is 16.6. The number of hydrogen-bond acceptors (Lipinski definition) is 5. The highest BCUT2D eigenvalue weighted by Crippen LogP contribution is 2.23. The van der Waals surface area contributed by atoms with Crippen molar-refractivity contribution >= 4 is 21.8 Å². The Morgan fingerprint density at radius 2 is 1.61 bits per heavy atom. The van der Waals surface area contributed by atoms with Gasteiger partial charge in [-0.15, -0.1) is 0 Å². The molecule has 1 aromatic heterocycles. The van der Waals surface area contributed by atoms with Crippen molar-refractivity contribution in [3.8, 4) is 5.75 Å². The maximum Gasteiger partial charge on any atom is 0.339 e. The van der Waals surface area contributed by atoms with Gasteiger partial charge in [0.15, 0.2) is 0 Å². The Morgan fingerprint density at radius 1 is 0.929 bits per heavy atom. The minimum absolute atomic E-state index is 0.125. The van der Waals surface area contributed by atoms with Gasteiger partial charge in [-0.1, -0.05) is 12.1 Å². The highest BCUT2D eigenvalue weighted by Gasteiger charge is 2.19. The van der Waals surface area contributed by atoms with Gasteiger partial charge in [0.2, 0.25) is 0 Å². The van der Waals surface area contributed by atoms with Crippen molar-refractivity contribution in [3.05, 3.63) is 83.0 Å². The molecular weight excluding hydrogens is 376 g/mol. The van der Waals surface area contributed by atoms with E-state index >= 15 is 0 Å². The number of amides is 1. The number of anilines is 1. The third kappa shape index (κ3) is 4.55. The summed E-state index contributed by atoms with van der Waals surface area (Å²) in [6.07, 6.45) is 1.61. The SMILES string of the molecule is Cc1ccnc(NC(=O)c2ccc(OS(=O)(=O)c3cc(C)ccc3C)cc2)c1. The van der Waals surface area contributed by atoms with Gasteiger partial charge in [-0.25, -0.2) is 4.98 Å². The highest BCUT2D eigenvalue weighted by molar-refractivity contribution is 7.87. The summed E-state index contributed by atoms with van der Waals surface area (Å²) in [7, 11) is -3.96. The molecule has 144 valence electrons. The van der Waals surface area contributed by atoms with Crippen LogP contribution in [-0.2, 0) is 10.1 Å². The van der Waals surface area contributed by atoms with Crippen LogP contribution in [0.2, 0.25) is 0 Å². The predicted molar refractivity (Wildman–Crippen MR) is 107 cm³/mol. The molecule has 0 atom stereocenters. The maximum atomic E-state index is 12.6. The molecule has 1 amide bonds. The summed E-state index contributed by atoms with van der Waals surface area (Å²) in [5, 5.41) is 2.70. The first-order valence-corrected chi connectivity index (χ1v) is 10.0. The van der Waals surface area contributed by atoms with Crippen LogP contribution < -0.4 is 9.50 Å². The van der Waals surface area contributed by atoms with Crippen molar-refractivity contribution in [1.82, 2.24) is 4.98 Å². The van der Waals surface area contributed by atoms with Crippen molar-refractivity contribution in [2.75, 3.05) is 5.32 Å². The van der Waals surface area contributed by atoms with Crippen LogP contribution in [0.15, 0.2) is 65.7 Å². The van der Waals surface area contributed by atoms with E-state index in [2.05, 4.69) is 10.3 Å². The number of benzene rings is 2. The van der Waals surface area contributed by atoms with E-state index in [1.165, 1.54) is 24.3 Å². The molecule has 0 aliphatic rings. The summed E-state index contributed by atoms with van der Waals surface area (Å²) in [5.41, 5.74) is 2.77. The third-order valence-electron chi connectivity index (χ3n) is 4.09. The van der Waals surface area contributed by atoms with E-state index in [1.54, 1.807) is 31.3 Å². The Kier molecular flexibility index (Phi) is 5.46. The average Bonchev–Trinajstić information content (AvgIpc) is 2.64. The van der Waals surface area contributed by atoms with Crippen LogP contribution >= 0.6 is 0 Å². The van der Waals surface area contributed by atoms with E-state index in [0.717, 1.165) is 11.1 Å². The molecule has 28 heavy (non-hydrogen) atoms. The van der Waals surface area contributed by atoms with Crippen LogP contribution in [0.5, 0.6) is 5.75 Å². The molecule has 1 heterocycles. The molecule has 0 fully saturated rings. The Bertz CT molecular complexity index is 1120. The van der Waals surface area contributed by atoms with Gasteiger partial charge >= 0.3 is 10.1 Å². The van der Waals surface area contributed by atoms with Gasteiger partial charge in [0, 0.05) is 11.8 Å². The minimum Gasteiger partial charge on any atom is -0.379 e. The quantitative estimate of drug-likeness (QED) is 0.658. The molecule has 0 saturated heterocycles. The van der Waals surface area contributed by atoms with Crippen molar-refractivity contribution in [1.29, 1.82) is 0 Å². The molecule has 0 aliphatic carbocycles. The second kappa shape index (κ2) is 7.82. The van der Waals surface area contributed by atoms with E-state index < -0.39 is 10.1 Å². The molecule has 0 unspecified atom stereocenters. The number of nitrogens with zero attached hydrogens (tertiary/aromatic N) is 1. The third-order valence-corrected chi connectivity index (χ3v) is 5.48. The lowest BCUT2D eigenvalue weighted by Gasteiger charge is -2.10. The Hall–Kier alpha value is -3.19. The van der Waals surface area contributed by atoms with Gasteiger partial charge in [0.25, 0.3) is 5.91 Å². The second-order valence-electron chi connectivity index (χ2n) is 6.50. The number of pyridine rings is 1. The van der Waals surface area contributed by atoms with E-state index in [4.69, 9.17) is 4.18 Å². The topological polar surface area (TPSA) is 85.4 Å². The molecule has 0 aliphatic heterocycles. The van der Waals surface area contributed by atoms with E-state index in [9.17, 15) is 13.2 Å². The Labute approximate surface area is 164 Å². The van der Waals surface area contributed by atoms with Crippen molar-refractivity contribution < 1.29 is 17.4 Å². The molecule has 3 aromatic rings. The number of carbonyl (C=O) groups is 1. The minimum atomic E-state index is -3.96. The molecule has 1 N–H and O–H groups in total. The molecule has 7 heteroatoms. The molecule has 6 nitrogen and oxygen atoms in total. The lowest BCUT2D eigenvalue weighted by molar-refractivity contribution is 0.102. The molecular formula is C21H20N2O4S. The lowest BCUT2D eigenvalue weighted by Crippen LogP contribution is -2.14. The molecule has 2 aromatic carbocycles. The predicted octanol–water partition coefficient (Wildman–Crippen LogP) is 4.03. The van der Waals surface area contributed by atoms with Crippen LogP contribution in [-0.4, -0.2) is 19.3 Å². The number of carbonyl (C=O) groups excluding carboxylic acids is 1. The van der Waals surface area contributed by atoms with Crippen molar-refractivity contribution in [2.24, 2.45) is 0 Å². The Balaban J connectivity index is 1.75. The van der Waals surface area contributed by atoms with Crippen LogP contribution in [0, 0.1) is 20.8 Å². The van der Waals surface area contributed by atoms with Crippen LogP contribution in [0.4, 0.5) is 5.82 Å². The monoisotopic (exact) mass is 396 g/mol. The molecule has 0 radical (unpaired) electrons. The number of nitrogens with one attached hydrogen (secondary N) is 1. The van der Waals surface area contributed by atoms with Gasteiger partial charge < -0.3 is 9.50 Å². The average molecular weight is 396 g/mol. The van der Waals surface area contributed by atoms with Gasteiger partial charge in [0.05, 0.1) is 0 Å². The molecule has 3 rings (SSSR count). The standard InChI is InChI=1S/C21H20N2O4S/c1-14-4-5-16(3)19(12-14)28(25,26)27-18-8-6-17(7-9-18)21(24)23-20-13-15(2)10-11-22-20/h4-13H,1-3H3,(H,22,23,24). The summed E-state index contributed by atoms with van der Waals surface area (Å²) in [6, 6.07) is 14.6. The van der Waals surface area contributed by atoms with Crippen LogP contribution in [0.3, 0.4) is 0 Å². The largest absolute Gasteiger partial charge is 0.379 e. The molecule has 0 bridgehead atoms. The summed E-state index contributed by atoms with van der Waals surface area (Å²) >= 11 is 0. The smallest absolute Gasteiger partial charge is 0.339 e. The zero-order chi connectivity index (χ0) is 20.3. The normalized spacial score (nSPS) is 11.1. The molecule has 0 saturated carbocycles. The number of hydrogen-bond donors (Lipinski definition) is 1. The maximum absolute atomic E-state index is 12.6. The van der Waals surface area contributed by atoms with Crippen LogP contribution in [0.25, 0.3) is 0 Å². The second-order valence-corrected chi connectivity index (χ2v) is 8.02. The fourth-order valence-electron chi connectivity index (χ4n) is 2.60. The summed E-state index contributed by atoms with van der Waals surface area (Å²) in [5.74, 6) is 0.232. The summed E-state index contributed by atoms with van der Waals surface area (Å²) < 4.78 is 30.3. The van der Waals surface area contributed by atoms with Gasteiger partial charge in [0.1, 0.15) is 16.5 Å². The van der Waals surface area contributed by atoms with E-state index in [1.807, 2.05) is 26.0 Å². The van der Waals surface area contributed by atoms with E-state index in [0.29, 0.717) is 16.9 Å². The first kappa shape index (κ1) is 19.6. The lowest BCUT2D eigenvalue weighted by atomic mass is 10.2. The fraction of sp³-hybridized carbons (Fsp3) is 0.143. The number of rotatable bonds is 5. The Morgan fingerprint density at radius 3 is 2.29 bits per heavy atom. The van der Waals surface area contributed by atoms with Crippen molar-refractivity contribution in [2.45, 2.75) is 25.7 Å². The van der Waals surface area contributed by atoms with Gasteiger partial charge in [-0.05, 0) is 79.9 Å².